The molecule has 0 saturated carbocycles. The predicted molar refractivity (Wildman–Crippen MR) is 133 cm³/mol. The molecular weight excluding hydrogens is 418 g/mol. The summed E-state index contributed by atoms with van der Waals surface area (Å²) < 4.78 is 5.30. The Bertz CT molecular complexity index is 837. The Morgan fingerprint density at radius 2 is 1.79 bits per heavy atom. The third-order valence-corrected chi connectivity index (χ3v) is 4.66. The molecule has 33 heavy (non-hydrogen) atoms. The fourth-order valence-electron chi connectivity index (χ4n) is 3.26. The van der Waals surface area contributed by atoms with Crippen molar-refractivity contribution in [3.8, 4) is 0 Å². The summed E-state index contributed by atoms with van der Waals surface area (Å²) in [4.78, 5) is 40.8. The molecule has 3 amide bonds. The third-order valence-electron chi connectivity index (χ3n) is 4.66. The lowest BCUT2D eigenvalue weighted by Crippen LogP contribution is -2.54. The van der Waals surface area contributed by atoms with Crippen LogP contribution in [0.4, 0.5) is 4.79 Å². The van der Waals surface area contributed by atoms with Crippen molar-refractivity contribution in [2.45, 2.75) is 91.5 Å². The van der Waals surface area contributed by atoms with Crippen LogP contribution < -0.4 is 10.6 Å². The van der Waals surface area contributed by atoms with Gasteiger partial charge in [0, 0.05) is 12.1 Å². The van der Waals surface area contributed by atoms with Crippen LogP contribution in [0.15, 0.2) is 30.8 Å². The van der Waals surface area contributed by atoms with E-state index in [1.165, 1.54) is 0 Å². The van der Waals surface area contributed by atoms with E-state index < -0.39 is 29.3 Å². The van der Waals surface area contributed by atoms with E-state index in [1.807, 2.05) is 52.0 Å². The lowest BCUT2D eigenvalue weighted by molar-refractivity contribution is -0.142. The largest absolute Gasteiger partial charge is 0.444 e. The van der Waals surface area contributed by atoms with Crippen molar-refractivity contribution in [2.24, 2.45) is 0 Å². The van der Waals surface area contributed by atoms with Gasteiger partial charge < -0.3 is 20.3 Å². The summed E-state index contributed by atoms with van der Waals surface area (Å²) in [6, 6.07) is 5.69. The van der Waals surface area contributed by atoms with Crippen molar-refractivity contribution >= 4 is 24.0 Å². The normalized spacial score (nSPS) is 13.5. The second-order valence-electron chi connectivity index (χ2n) is 10.3. The fraction of sp³-hybridized carbons (Fsp3) is 0.577. The van der Waals surface area contributed by atoms with Gasteiger partial charge >= 0.3 is 6.09 Å². The van der Waals surface area contributed by atoms with Crippen LogP contribution in [-0.2, 0) is 14.3 Å². The first-order valence-electron chi connectivity index (χ1n) is 11.5. The molecule has 0 radical (unpaired) electrons. The molecule has 0 aliphatic heterocycles. The average Bonchev–Trinajstić information content (AvgIpc) is 2.67. The van der Waals surface area contributed by atoms with Gasteiger partial charge in [-0.25, -0.2) is 4.79 Å². The highest BCUT2D eigenvalue weighted by Crippen LogP contribution is 2.25. The highest BCUT2D eigenvalue weighted by molar-refractivity contribution is 5.92. The van der Waals surface area contributed by atoms with Gasteiger partial charge in [0.15, 0.2) is 0 Å². The smallest absolute Gasteiger partial charge is 0.408 e. The summed E-state index contributed by atoms with van der Waals surface area (Å²) in [7, 11) is 0. The number of benzene rings is 1. The van der Waals surface area contributed by atoms with Crippen LogP contribution >= 0.6 is 0 Å². The van der Waals surface area contributed by atoms with Gasteiger partial charge in [0.2, 0.25) is 11.8 Å². The van der Waals surface area contributed by atoms with Gasteiger partial charge in [0.25, 0.3) is 0 Å². The number of amides is 3. The van der Waals surface area contributed by atoms with Crippen LogP contribution in [0.1, 0.15) is 85.4 Å². The van der Waals surface area contributed by atoms with E-state index in [-0.39, 0.29) is 11.8 Å². The first-order valence-corrected chi connectivity index (χ1v) is 11.5. The van der Waals surface area contributed by atoms with E-state index in [2.05, 4.69) is 17.2 Å². The maximum absolute atomic E-state index is 13.5. The molecule has 0 spiro atoms. The summed E-state index contributed by atoms with van der Waals surface area (Å²) in [5, 5.41) is 5.62. The molecule has 2 unspecified atom stereocenters. The first-order chi connectivity index (χ1) is 15.2. The van der Waals surface area contributed by atoms with Gasteiger partial charge in [0.1, 0.15) is 17.7 Å². The van der Waals surface area contributed by atoms with E-state index in [1.54, 1.807) is 38.7 Å². The van der Waals surface area contributed by atoms with Crippen molar-refractivity contribution in [1.29, 1.82) is 0 Å². The minimum atomic E-state index is -0.871. The van der Waals surface area contributed by atoms with Gasteiger partial charge in [-0.2, -0.15) is 0 Å². The van der Waals surface area contributed by atoms with Crippen LogP contribution in [0.5, 0.6) is 0 Å². The van der Waals surface area contributed by atoms with Crippen molar-refractivity contribution in [3.63, 3.8) is 0 Å². The number of alkyl carbamates (subject to hydrolysis) is 1. The molecule has 0 aliphatic carbocycles. The summed E-state index contributed by atoms with van der Waals surface area (Å²) in [5.74, 6) is -0.634. The SMILES string of the molecule is C=Cc1cccc(C(C(=O)NC(C)(C)C)N(CCCC)C(=O)C(C)NC(=O)OC(C)(C)C)c1. The quantitative estimate of drug-likeness (QED) is 0.554. The van der Waals surface area contributed by atoms with Crippen molar-refractivity contribution in [2.75, 3.05) is 6.54 Å². The number of hydrogen-bond acceptors (Lipinski definition) is 4. The Morgan fingerprint density at radius 3 is 2.30 bits per heavy atom. The predicted octanol–water partition coefficient (Wildman–Crippen LogP) is 4.83. The minimum absolute atomic E-state index is 0.280. The number of nitrogens with one attached hydrogen (secondary N) is 2. The van der Waals surface area contributed by atoms with Crippen LogP contribution in [0.3, 0.4) is 0 Å². The maximum atomic E-state index is 13.5. The van der Waals surface area contributed by atoms with Gasteiger partial charge in [-0.05, 0) is 72.1 Å². The molecule has 1 aromatic carbocycles. The van der Waals surface area contributed by atoms with Gasteiger partial charge in [-0.1, -0.05) is 44.2 Å². The van der Waals surface area contributed by atoms with Gasteiger partial charge in [-0.15, -0.1) is 0 Å². The Balaban J connectivity index is 3.37. The molecule has 1 aromatic rings. The van der Waals surface area contributed by atoms with Crippen LogP contribution in [0.25, 0.3) is 6.08 Å². The molecule has 184 valence electrons. The van der Waals surface area contributed by atoms with Crippen molar-refractivity contribution in [1.82, 2.24) is 15.5 Å². The standard InChI is InChI=1S/C26H41N3O4/c1-10-12-16-29(23(31)18(3)27-24(32)33-26(7,8)9)21(22(30)28-25(4,5)6)20-15-13-14-19(11-2)17-20/h11,13-15,17-18,21H,2,10,12,16H2,1,3-9H3,(H,27,32)(H,28,30). The number of hydrogen-bond donors (Lipinski definition) is 2. The molecule has 0 aliphatic rings. The number of rotatable bonds is 9. The van der Waals surface area contributed by atoms with E-state index >= 15 is 0 Å². The molecule has 7 heteroatoms. The molecule has 2 atom stereocenters. The number of ether oxygens (including phenoxy) is 1. The molecule has 0 aromatic heterocycles. The fourth-order valence-corrected chi connectivity index (χ4v) is 3.26. The topological polar surface area (TPSA) is 87.7 Å². The zero-order valence-corrected chi connectivity index (χ0v) is 21.5. The molecule has 1 rings (SSSR count). The molecular formula is C26H41N3O4. The Morgan fingerprint density at radius 1 is 1.15 bits per heavy atom. The average molecular weight is 460 g/mol. The summed E-state index contributed by atoms with van der Waals surface area (Å²) in [5.41, 5.74) is 0.368. The molecule has 0 fully saturated rings. The Hall–Kier alpha value is -2.83. The van der Waals surface area contributed by atoms with E-state index in [0.29, 0.717) is 18.5 Å². The van der Waals surface area contributed by atoms with Crippen LogP contribution in [0, 0.1) is 0 Å². The summed E-state index contributed by atoms with van der Waals surface area (Å²) in [6.45, 7) is 18.8. The lowest BCUT2D eigenvalue weighted by Gasteiger charge is -2.35. The van der Waals surface area contributed by atoms with E-state index in [0.717, 1.165) is 12.0 Å². The molecule has 7 nitrogen and oxygen atoms in total. The Kier molecular flexibility index (Phi) is 10.1. The van der Waals surface area contributed by atoms with Crippen molar-refractivity contribution in [3.05, 3.63) is 42.0 Å². The molecule has 0 heterocycles. The van der Waals surface area contributed by atoms with Gasteiger partial charge in [0.05, 0.1) is 0 Å². The van der Waals surface area contributed by atoms with Crippen molar-refractivity contribution < 1.29 is 19.1 Å². The zero-order chi connectivity index (χ0) is 25.4. The second kappa shape index (κ2) is 11.9. The lowest BCUT2D eigenvalue weighted by atomic mass is 9.98. The minimum Gasteiger partial charge on any atom is -0.444 e. The molecule has 2 N–H and O–H groups in total. The number of nitrogens with zero attached hydrogens (tertiary/aromatic N) is 1. The maximum Gasteiger partial charge on any atom is 0.408 e. The third kappa shape index (κ3) is 9.68. The van der Waals surface area contributed by atoms with Crippen LogP contribution in [0.2, 0.25) is 0 Å². The summed E-state index contributed by atoms with van der Waals surface area (Å²) >= 11 is 0. The highest BCUT2D eigenvalue weighted by atomic mass is 16.6. The van der Waals surface area contributed by atoms with Crippen LogP contribution in [-0.4, -0.2) is 46.5 Å². The van der Waals surface area contributed by atoms with E-state index in [4.69, 9.17) is 4.74 Å². The second-order valence-corrected chi connectivity index (χ2v) is 10.3. The molecule has 0 bridgehead atoms. The molecule has 0 saturated heterocycles. The number of unbranched alkanes of at least 4 members (excludes halogenated alkanes) is 1. The highest BCUT2D eigenvalue weighted by Gasteiger charge is 2.35. The van der Waals surface area contributed by atoms with E-state index in [9.17, 15) is 14.4 Å². The van der Waals surface area contributed by atoms with Gasteiger partial charge in [-0.3, -0.25) is 9.59 Å². The summed E-state index contributed by atoms with van der Waals surface area (Å²) in [6.07, 6.45) is 2.58. The zero-order valence-electron chi connectivity index (χ0n) is 21.5. The Labute approximate surface area is 198 Å². The first kappa shape index (κ1) is 28.2. The number of carbonyl (C=O) groups is 3. The monoisotopic (exact) mass is 459 g/mol. The number of carbonyl (C=O) groups excluding carboxylic acids is 3.